The number of hydrogen-bond acceptors (Lipinski definition) is 9. The lowest BCUT2D eigenvalue weighted by molar-refractivity contribution is -0.164. The number of nitrogens with zero attached hydrogens (tertiary/aromatic N) is 1. The standard InChI is InChI=1S/C51H97NO8/c1-9-13-17-21-23-27-37-45(35-25-19-15-11-3)50(55)57-39-31-29-33-43(5)48(53)59-42-47(41-52(7)8)60-49(54)44(6)34-30-32-40-58-51(56)46(36-26-20-16-12-4)38-28-24-22-18-14-10-2/h43-47H,9-42H2,1-8H3. The summed E-state index contributed by atoms with van der Waals surface area (Å²) in [5.41, 5.74) is 0. The Morgan fingerprint density at radius 3 is 1.12 bits per heavy atom. The Morgan fingerprint density at radius 1 is 0.400 bits per heavy atom. The van der Waals surface area contributed by atoms with Gasteiger partial charge in [-0.05, 0) is 78.3 Å². The summed E-state index contributed by atoms with van der Waals surface area (Å²) < 4.78 is 23.0. The molecule has 0 saturated carbocycles. The van der Waals surface area contributed by atoms with Crippen molar-refractivity contribution in [3.8, 4) is 0 Å². The van der Waals surface area contributed by atoms with E-state index < -0.39 is 6.10 Å². The summed E-state index contributed by atoms with van der Waals surface area (Å²) in [6, 6.07) is 0. The summed E-state index contributed by atoms with van der Waals surface area (Å²) in [5, 5.41) is 0. The van der Waals surface area contributed by atoms with Crippen molar-refractivity contribution in [2.45, 2.75) is 240 Å². The zero-order valence-corrected chi connectivity index (χ0v) is 40.6. The lowest BCUT2D eigenvalue weighted by Gasteiger charge is -2.23. The van der Waals surface area contributed by atoms with Crippen LogP contribution in [0.1, 0.15) is 234 Å². The molecule has 0 saturated heterocycles. The van der Waals surface area contributed by atoms with Gasteiger partial charge >= 0.3 is 23.9 Å². The van der Waals surface area contributed by atoms with E-state index in [-0.39, 0.29) is 54.2 Å². The van der Waals surface area contributed by atoms with Gasteiger partial charge in [-0.2, -0.15) is 0 Å². The molecule has 9 heteroatoms. The van der Waals surface area contributed by atoms with Crippen LogP contribution in [0.4, 0.5) is 0 Å². The van der Waals surface area contributed by atoms with Crippen LogP contribution in [0.25, 0.3) is 0 Å². The summed E-state index contributed by atoms with van der Waals surface area (Å²) in [6.07, 6.45) is 31.2. The fourth-order valence-corrected chi connectivity index (χ4v) is 7.79. The molecule has 0 aliphatic rings. The van der Waals surface area contributed by atoms with Crippen LogP contribution < -0.4 is 0 Å². The summed E-state index contributed by atoms with van der Waals surface area (Å²) in [6.45, 7) is 13.8. The topological polar surface area (TPSA) is 108 Å². The monoisotopic (exact) mass is 852 g/mol. The number of rotatable bonds is 43. The van der Waals surface area contributed by atoms with Gasteiger partial charge in [0.15, 0.2) is 0 Å². The van der Waals surface area contributed by atoms with E-state index in [2.05, 4.69) is 27.7 Å². The second-order valence-corrected chi connectivity index (χ2v) is 18.3. The van der Waals surface area contributed by atoms with Crippen molar-refractivity contribution in [3.63, 3.8) is 0 Å². The molecule has 0 radical (unpaired) electrons. The van der Waals surface area contributed by atoms with Crippen molar-refractivity contribution < 1.29 is 38.1 Å². The first-order valence-corrected chi connectivity index (χ1v) is 25.3. The SMILES string of the molecule is CCCCCCCCC(CCCCCC)C(=O)OCCCCC(C)C(=O)OCC(CN(C)C)OC(=O)C(C)CCCCOC(=O)C(CCCCCC)CCCCCCCC. The van der Waals surface area contributed by atoms with E-state index in [1.54, 1.807) is 0 Å². The molecule has 0 bridgehead atoms. The van der Waals surface area contributed by atoms with E-state index in [0.29, 0.717) is 45.4 Å². The molecule has 5 atom stereocenters. The molecular formula is C51H97NO8. The van der Waals surface area contributed by atoms with E-state index in [1.807, 2.05) is 32.8 Å². The number of hydrogen-bond donors (Lipinski definition) is 0. The summed E-state index contributed by atoms with van der Waals surface area (Å²) in [7, 11) is 3.80. The highest BCUT2D eigenvalue weighted by Gasteiger charge is 2.25. The second kappa shape index (κ2) is 40.9. The van der Waals surface area contributed by atoms with Gasteiger partial charge in [0.2, 0.25) is 0 Å². The molecule has 0 aliphatic heterocycles. The lowest BCUT2D eigenvalue weighted by atomic mass is 9.94. The van der Waals surface area contributed by atoms with Crippen LogP contribution in [0.5, 0.6) is 0 Å². The largest absolute Gasteiger partial charge is 0.465 e. The number of likely N-dealkylation sites (N-methyl/N-ethyl adjacent to an activating group) is 1. The Morgan fingerprint density at radius 2 is 0.733 bits per heavy atom. The fraction of sp³-hybridized carbons (Fsp3) is 0.922. The van der Waals surface area contributed by atoms with E-state index in [4.69, 9.17) is 18.9 Å². The molecule has 5 unspecified atom stereocenters. The Kier molecular flexibility index (Phi) is 39.4. The van der Waals surface area contributed by atoms with Gasteiger partial charge in [0.25, 0.3) is 0 Å². The highest BCUT2D eigenvalue weighted by atomic mass is 16.6. The molecule has 9 nitrogen and oxygen atoms in total. The van der Waals surface area contributed by atoms with Crippen molar-refractivity contribution in [1.29, 1.82) is 0 Å². The minimum Gasteiger partial charge on any atom is -0.465 e. The van der Waals surface area contributed by atoms with Gasteiger partial charge in [-0.1, -0.05) is 170 Å². The van der Waals surface area contributed by atoms with Crippen LogP contribution >= 0.6 is 0 Å². The highest BCUT2D eigenvalue weighted by Crippen LogP contribution is 2.23. The smallest absolute Gasteiger partial charge is 0.309 e. The van der Waals surface area contributed by atoms with Crippen LogP contribution in [0.15, 0.2) is 0 Å². The quantitative estimate of drug-likeness (QED) is 0.0336. The maximum absolute atomic E-state index is 13.1. The molecule has 60 heavy (non-hydrogen) atoms. The van der Waals surface area contributed by atoms with Gasteiger partial charge in [-0.15, -0.1) is 0 Å². The molecule has 0 heterocycles. The third-order valence-electron chi connectivity index (χ3n) is 11.9. The molecule has 0 aromatic carbocycles. The first-order chi connectivity index (χ1) is 29.0. The molecule has 354 valence electrons. The van der Waals surface area contributed by atoms with Crippen molar-refractivity contribution >= 4 is 23.9 Å². The van der Waals surface area contributed by atoms with Crippen molar-refractivity contribution in [1.82, 2.24) is 4.90 Å². The Bertz CT molecular complexity index is 1030. The highest BCUT2D eigenvalue weighted by molar-refractivity contribution is 5.73. The first kappa shape index (κ1) is 57.8. The molecule has 0 amide bonds. The molecule has 0 spiro atoms. The van der Waals surface area contributed by atoms with Crippen molar-refractivity contribution in [2.24, 2.45) is 23.7 Å². The van der Waals surface area contributed by atoms with Crippen LogP contribution in [0, 0.1) is 23.7 Å². The number of carbonyl (C=O) groups excluding carboxylic acids is 4. The number of carbonyl (C=O) groups is 4. The van der Waals surface area contributed by atoms with Gasteiger partial charge in [-0.3, -0.25) is 19.2 Å². The Balaban J connectivity index is 4.64. The Hall–Kier alpha value is -2.16. The van der Waals surface area contributed by atoms with E-state index in [9.17, 15) is 19.2 Å². The Labute approximate surface area is 370 Å². The molecule has 0 aromatic rings. The second-order valence-electron chi connectivity index (χ2n) is 18.3. The number of esters is 4. The predicted octanol–water partition coefficient (Wildman–Crippen LogP) is 13.4. The summed E-state index contributed by atoms with van der Waals surface area (Å²) in [4.78, 5) is 53.9. The summed E-state index contributed by atoms with van der Waals surface area (Å²) >= 11 is 0. The number of ether oxygens (including phenoxy) is 4. The summed E-state index contributed by atoms with van der Waals surface area (Å²) in [5.74, 6) is -1.37. The maximum Gasteiger partial charge on any atom is 0.309 e. The average molecular weight is 852 g/mol. The molecular weight excluding hydrogens is 755 g/mol. The zero-order chi connectivity index (χ0) is 44.6. The van der Waals surface area contributed by atoms with Crippen molar-refractivity contribution in [2.75, 3.05) is 40.5 Å². The van der Waals surface area contributed by atoms with Crippen LogP contribution in [-0.2, 0) is 38.1 Å². The molecule has 0 aromatic heterocycles. The minimum atomic E-state index is -0.571. The molecule has 0 fully saturated rings. The zero-order valence-electron chi connectivity index (χ0n) is 40.6. The van der Waals surface area contributed by atoms with E-state index >= 15 is 0 Å². The van der Waals surface area contributed by atoms with Gasteiger partial charge in [0.05, 0.1) is 36.9 Å². The lowest BCUT2D eigenvalue weighted by Crippen LogP contribution is -2.36. The van der Waals surface area contributed by atoms with E-state index in [1.165, 1.54) is 103 Å². The van der Waals surface area contributed by atoms with Crippen LogP contribution in [0.3, 0.4) is 0 Å². The predicted molar refractivity (Wildman–Crippen MR) is 248 cm³/mol. The molecule has 0 aliphatic carbocycles. The third kappa shape index (κ3) is 33.5. The van der Waals surface area contributed by atoms with Crippen LogP contribution in [-0.4, -0.2) is 75.3 Å². The molecule has 0 N–H and O–H groups in total. The average Bonchev–Trinajstić information content (AvgIpc) is 3.22. The van der Waals surface area contributed by atoms with Gasteiger partial charge in [-0.25, -0.2) is 0 Å². The van der Waals surface area contributed by atoms with Crippen LogP contribution in [0.2, 0.25) is 0 Å². The van der Waals surface area contributed by atoms with Gasteiger partial charge in [0.1, 0.15) is 12.7 Å². The fourth-order valence-electron chi connectivity index (χ4n) is 7.79. The van der Waals surface area contributed by atoms with Crippen molar-refractivity contribution in [3.05, 3.63) is 0 Å². The van der Waals surface area contributed by atoms with Gasteiger partial charge < -0.3 is 23.8 Å². The van der Waals surface area contributed by atoms with E-state index in [0.717, 1.165) is 64.2 Å². The maximum atomic E-state index is 13.1. The minimum absolute atomic E-state index is 0.00395. The van der Waals surface area contributed by atoms with Gasteiger partial charge in [0, 0.05) is 6.54 Å². The molecule has 0 rings (SSSR count). The third-order valence-corrected chi connectivity index (χ3v) is 11.9. The first-order valence-electron chi connectivity index (χ1n) is 25.3. The number of unbranched alkanes of at least 4 members (excludes halogenated alkanes) is 18. The normalized spacial score (nSPS) is 14.0.